The van der Waals surface area contributed by atoms with Gasteiger partial charge < -0.3 is 5.32 Å². The normalized spacial score (nSPS) is 28.9. The van der Waals surface area contributed by atoms with Crippen LogP contribution in [0.4, 0.5) is 0 Å². The van der Waals surface area contributed by atoms with E-state index in [9.17, 15) is 4.21 Å². The van der Waals surface area contributed by atoms with E-state index in [-0.39, 0.29) is 0 Å². The first-order valence-electron chi connectivity index (χ1n) is 7.27. The molecular weight excluding hydrogens is 230 g/mol. The molecule has 1 aliphatic rings. The summed E-state index contributed by atoms with van der Waals surface area (Å²) in [5.74, 6) is 1.64. The van der Waals surface area contributed by atoms with Crippen molar-refractivity contribution in [3.63, 3.8) is 0 Å². The van der Waals surface area contributed by atoms with Crippen LogP contribution < -0.4 is 5.32 Å². The summed E-state index contributed by atoms with van der Waals surface area (Å²) in [4.78, 5) is 0. The maximum Gasteiger partial charge on any atom is 0.0391 e. The van der Waals surface area contributed by atoms with Gasteiger partial charge in [-0.25, -0.2) is 0 Å². The van der Waals surface area contributed by atoms with E-state index >= 15 is 0 Å². The molecule has 0 aromatic carbocycles. The van der Waals surface area contributed by atoms with E-state index in [1.165, 1.54) is 32.1 Å². The minimum absolute atomic E-state index is 0.461. The molecule has 1 aliphatic carbocycles. The van der Waals surface area contributed by atoms with E-state index in [1.807, 2.05) is 0 Å². The first kappa shape index (κ1) is 15.2. The fourth-order valence-electron chi connectivity index (χ4n) is 2.83. The molecule has 0 bridgehead atoms. The molecule has 0 aliphatic heterocycles. The lowest BCUT2D eigenvalue weighted by Gasteiger charge is -2.27. The molecule has 0 spiro atoms. The minimum atomic E-state index is -0.623. The molecular formula is C14H29NOS. The topological polar surface area (TPSA) is 29.1 Å². The van der Waals surface area contributed by atoms with Crippen LogP contribution in [0.15, 0.2) is 0 Å². The summed E-state index contributed by atoms with van der Waals surface area (Å²) in [5, 5.41) is 3.94. The van der Waals surface area contributed by atoms with E-state index in [4.69, 9.17) is 0 Å². The SMILES string of the molecule is CCCC(CS(=O)C1CCCC(C)C1)NCC. The van der Waals surface area contributed by atoms with Crippen molar-refractivity contribution < 1.29 is 4.21 Å². The smallest absolute Gasteiger partial charge is 0.0391 e. The van der Waals surface area contributed by atoms with Crippen LogP contribution in [0.25, 0.3) is 0 Å². The lowest BCUT2D eigenvalue weighted by atomic mass is 9.91. The number of hydrogen-bond acceptors (Lipinski definition) is 2. The summed E-state index contributed by atoms with van der Waals surface area (Å²) >= 11 is 0. The van der Waals surface area contributed by atoms with Gasteiger partial charge in [0.05, 0.1) is 0 Å². The molecule has 0 aromatic rings. The highest BCUT2D eigenvalue weighted by Gasteiger charge is 2.25. The summed E-state index contributed by atoms with van der Waals surface area (Å²) in [6.45, 7) is 7.63. The summed E-state index contributed by atoms with van der Waals surface area (Å²) in [7, 11) is -0.623. The molecule has 1 fully saturated rings. The van der Waals surface area contributed by atoms with Crippen molar-refractivity contribution in [3.8, 4) is 0 Å². The van der Waals surface area contributed by atoms with E-state index in [0.29, 0.717) is 11.3 Å². The summed E-state index contributed by atoms with van der Waals surface area (Å²) in [5.41, 5.74) is 0. The minimum Gasteiger partial charge on any atom is -0.313 e. The lowest BCUT2D eigenvalue weighted by molar-refractivity contribution is 0.388. The van der Waals surface area contributed by atoms with Gasteiger partial charge in [-0.1, -0.05) is 40.0 Å². The summed E-state index contributed by atoms with van der Waals surface area (Å²) < 4.78 is 12.4. The lowest BCUT2D eigenvalue weighted by Crippen LogP contribution is -2.37. The van der Waals surface area contributed by atoms with Crippen LogP contribution in [0.5, 0.6) is 0 Å². The van der Waals surface area contributed by atoms with Crippen molar-refractivity contribution in [1.82, 2.24) is 5.32 Å². The van der Waals surface area contributed by atoms with Gasteiger partial charge >= 0.3 is 0 Å². The van der Waals surface area contributed by atoms with Gasteiger partial charge in [-0.2, -0.15) is 0 Å². The van der Waals surface area contributed by atoms with E-state index in [1.54, 1.807) is 0 Å². The predicted molar refractivity (Wildman–Crippen MR) is 76.8 cm³/mol. The molecule has 4 unspecified atom stereocenters. The van der Waals surface area contributed by atoms with E-state index < -0.39 is 10.8 Å². The maximum atomic E-state index is 12.4. The zero-order chi connectivity index (χ0) is 12.7. The van der Waals surface area contributed by atoms with Crippen LogP contribution in [0.2, 0.25) is 0 Å². The van der Waals surface area contributed by atoms with Crippen molar-refractivity contribution in [2.75, 3.05) is 12.3 Å². The predicted octanol–water partition coefficient (Wildman–Crippen LogP) is 3.09. The Labute approximate surface area is 109 Å². The maximum absolute atomic E-state index is 12.4. The van der Waals surface area contributed by atoms with Crippen LogP contribution in [0.1, 0.15) is 59.3 Å². The Kier molecular flexibility index (Phi) is 7.36. The quantitative estimate of drug-likeness (QED) is 0.761. The molecule has 0 heterocycles. The Morgan fingerprint density at radius 1 is 1.35 bits per heavy atom. The fraction of sp³-hybridized carbons (Fsp3) is 1.00. The molecule has 3 heteroatoms. The molecule has 1 rings (SSSR count). The second-order valence-corrected chi connectivity index (χ2v) is 7.25. The van der Waals surface area contributed by atoms with Crippen LogP contribution >= 0.6 is 0 Å². The van der Waals surface area contributed by atoms with Gasteiger partial charge in [0, 0.05) is 27.8 Å². The van der Waals surface area contributed by atoms with Gasteiger partial charge in [-0.05, 0) is 31.7 Å². The Hall–Kier alpha value is 0.110. The Morgan fingerprint density at radius 3 is 2.71 bits per heavy atom. The van der Waals surface area contributed by atoms with Crippen LogP contribution in [-0.4, -0.2) is 27.8 Å². The monoisotopic (exact) mass is 259 g/mol. The molecule has 0 radical (unpaired) electrons. The van der Waals surface area contributed by atoms with Crippen LogP contribution in [0.3, 0.4) is 0 Å². The van der Waals surface area contributed by atoms with E-state index in [2.05, 4.69) is 26.1 Å². The fourth-order valence-corrected chi connectivity index (χ4v) is 4.76. The third-order valence-electron chi connectivity index (χ3n) is 3.76. The van der Waals surface area contributed by atoms with Crippen molar-refractivity contribution >= 4 is 10.8 Å². The molecule has 102 valence electrons. The van der Waals surface area contributed by atoms with Gasteiger partial charge in [0.15, 0.2) is 0 Å². The molecule has 0 saturated heterocycles. The summed E-state index contributed by atoms with van der Waals surface area (Å²) in [6.07, 6.45) is 7.30. The van der Waals surface area contributed by atoms with Gasteiger partial charge in [-0.15, -0.1) is 0 Å². The first-order chi connectivity index (χ1) is 8.17. The number of hydrogen-bond donors (Lipinski definition) is 1. The standard InChI is InChI=1S/C14H29NOS/c1-4-7-13(15-5-2)11-17(16)14-9-6-8-12(3)10-14/h12-15H,4-11H2,1-3H3. The zero-order valence-electron chi connectivity index (χ0n) is 11.7. The molecule has 1 saturated carbocycles. The molecule has 1 N–H and O–H groups in total. The van der Waals surface area contributed by atoms with Gasteiger partial charge in [-0.3, -0.25) is 4.21 Å². The Bertz CT molecular complexity index is 226. The van der Waals surface area contributed by atoms with Crippen molar-refractivity contribution in [3.05, 3.63) is 0 Å². The number of rotatable bonds is 7. The van der Waals surface area contributed by atoms with Gasteiger partial charge in [0.2, 0.25) is 0 Å². The highest BCUT2D eigenvalue weighted by Crippen LogP contribution is 2.27. The average molecular weight is 259 g/mol. The van der Waals surface area contributed by atoms with E-state index in [0.717, 1.165) is 24.6 Å². The largest absolute Gasteiger partial charge is 0.313 e. The highest BCUT2D eigenvalue weighted by molar-refractivity contribution is 7.85. The third-order valence-corrected chi connectivity index (χ3v) is 5.66. The molecule has 0 amide bonds. The molecule has 17 heavy (non-hydrogen) atoms. The van der Waals surface area contributed by atoms with Crippen LogP contribution in [-0.2, 0) is 10.8 Å². The molecule has 2 nitrogen and oxygen atoms in total. The second kappa shape index (κ2) is 8.25. The highest BCUT2D eigenvalue weighted by atomic mass is 32.2. The Morgan fingerprint density at radius 2 is 2.12 bits per heavy atom. The van der Waals surface area contributed by atoms with Gasteiger partial charge in [0.1, 0.15) is 0 Å². The molecule has 4 atom stereocenters. The summed E-state index contributed by atoms with van der Waals surface area (Å²) in [6, 6.07) is 0.461. The van der Waals surface area contributed by atoms with Gasteiger partial charge in [0.25, 0.3) is 0 Å². The van der Waals surface area contributed by atoms with Crippen molar-refractivity contribution in [1.29, 1.82) is 0 Å². The molecule has 0 aromatic heterocycles. The Balaban J connectivity index is 2.39. The van der Waals surface area contributed by atoms with Crippen molar-refractivity contribution in [2.24, 2.45) is 5.92 Å². The first-order valence-corrected chi connectivity index (χ1v) is 8.66. The second-order valence-electron chi connectivity index (χ2n) is 5.48. The average Bonchev–Trinajstić information content (AvgIpc) is 2.29. The number of nitrogens with one attached hydrogen (secondary N) is 1. The van der Waals surface area contributed by atoms with Crippen molar-refractivity contribution in [2.45, 2.75) is 70.6 Å². The third kappa shape index (κ3) is 5.52. The zero-order valence-corrected chi connectivity index (χ0v) is 12.5. The van der Waals surface area contributed by atoms with Crippen LogP contribution in [0, 0.1) is 5.92 Å².